The summed E-state index contributed by atoms with van der Waals surface area (Å²) in [6, 6.07) is 4.55. The molecule has 0 aliphatic heterocycles. The third kappa shape index (κ3) is 6.55. The van der Waals surface area contributed by atoms with Crippen molar-refractivity contribution in [3.8, 4) is 11.5 Å². The number of aryl methyl sites for hydroxylation is 2. The van der Waals surface area contributed by atoms with Crippen molar-refractivity contribution in [2.24, 2.45) is 0 Å². The third-order valence-corrected chi connectivity index (χ3v) is 5.49. The smallest absolute Gasteiger partial charge is 0.347 e. The number of hydrogen-bond donors (Lipinski definition) is 0. The van der Waals surface area contributed by atoms with E-state index < -0.39 is 17.0 Å². The molecule has 2 aromatic heterocycles. The molecule has 2 unspecified atom stereocenters. The zero-order valence-electron chi connectivity index (χ0n) is 19.4. The maximum absolute atomic E-state index is 12.9. The van der Waals surface area contributed by atoms with Crippen molar-refractivity contribution in [3.63, 3.8) is 0 Å². The van der Waals surface area contributed by atoms with Crippen LogP contribution >= 0.6 is 23.2 Å². The first kappa shape index (κ1) is 25.5. The summed E-state index contributed by atoms with van der Waals surface area (Å²) in [6.07, 6.45) is 2.88. The average Bonchev–Trinajstić information content (AvgIpc) is 3.49. The summed E-state index contributed by atoms with van der Waals surface area (Å²) in [5.41, 5.74) is -1.40. The highest BCUT2D eigenvalue weighted by Crippen LogP contribution is 2.29. The number of ketones is 1. The van der Waals surface area contributed by atoms with E-state index in [1.807, 2.05) is 0 Å². The molecule has 1 aromatic carbocycles. The van der Waals surface area contributed by atoms with Crippen LogP contribution in [0.2, 0.25) is 0 Å². The van der Waals surface area contributed by atoms with Crippen molar-refractivity contribution in [2.45, 2.75) is 44.1 Å². The molecule has 3 aromatic rings. The molecule has 0 radical (unpaired) electrons. The van der Waals surface area contributed by atoms with Crippen LogP contribution in [-0.4, -0.2) is 65.4 Å². The topological polar surface area (TPSA) is 149 Å². The first-order valence-electron chi connectivity index (χ1n) is 10.9. The molecule has 0 spiro atoms. The molecule has 1 aliphatic rings. The summed E-state index contributed by atoms with van der Waals surface area (Å²) >= 11 is 12.6. The fourth-order valence-electron chi connectivity index (χ4n) is 3.19. The van der Waals surface area contributed by atoms with Crippen LogP contribution in [0.1, 0.15) is 52.3 Å². The maximum Gasteiger partial charge on any atom is 0.347 e. The largest absolute Gasteiger partial charge is 0.490 e. The Hall–Kier alpha value is -3.58. The molecule has 4 rings (SSSR count). The van der Waals surface area contributed by atoms with Gasteiger partial charge in [0, 0.05) is 25.0 Å². The number of carbonyl (C=O) groups excluding carboxylic acids is 2. The second-order valence-corrected chi connectivity index (χ2v) is 8.79. The molecule has 0 saturated carbocycles. The van der Waals surface area contributed by atoms with Crippen molar-refractivity contribution in [2.75, 3.05) is 13.2 Å². The van der Waals surface area contributed by atoms with Gasteiger partial charge in [-0.2, -0.15) is 0 Å². The number of tetrazole rings is 2. The Bertz CT molecular complexity index is 1280. The van der Waals surface area contributed by atoms with Gasteiger partial charge in [-0.25, -0.2) is 4.79 Å². The number of nitrogens with zero attached hydrogens (tertiary/aromatic N) is 8. The summed E-state index contributed by atoms with van der Waals surface area (Å²) in [6.45, 7) is 3.28. The summed E-state index contributed by atoms with van der Waals surface area (Å²) in [7, 11) is 0. The molecule has 15 heteroatoms. The number of aromatic nitrogens is 8. The molecule has 0 saturated heterocycles. The fraction of sp³-hybridized carbons (Fsp3) is 0.429. The number of rotatable bonds is 10. The molecular formula is C21H22Cl2N8O5. The monoisotopic (exact) mass is 536 g/mol. The Morgan fingerprint density at radius 3 is 2.22 bits per heavy atom. The van der Waals surface area contributed by atoms with Crippen LogP contribution in [0.3, 0.4) is 0 Å². The zero-order chi connectivity index (χ0) is 25.7. The Morgan fingerprint density at radius 1 is 1.00 bits per heavy atom. The van der Waals surface area contributed by atoms with Crippen LogP contribution in [0, 0.1) is 13.8 Å². The van der Waals surface area contributed by atoms with E-state index in [4.69, 9.17) is 37.4 Å². The van der Waals surface area contributed by atoms with Crippen molar-refractivity contribution in [3.05, 3.63) is 47.2 Å². The Labute approximate surface area is 215 Å². The molecule has 1 aliphatic carbocycles. The molecule has 190 valence electrons. The number of allylic oxidation sites excluding steroid dienone is 2. The standard InChI is InChI=1S/C21H22Cl2N8O5/c1-12-24-28-30(26-12)19(22)10-34-15-6-7-17(21(33)36-16-5-3-4-14(32)8-16)18(9-15)35-11-20(23)31-27-13(2)25-29-31/h6-9,19-20H,3-5,10-11H2,1-2H3. The van der Waals surface area contributed by atoms with E-state index in [9.17, 15) is 9.59 Å². The van der Waals surface area contributed by atoms with Crippen LogP contribution in [0.4, 0.5) is 0 Å². The van der Waals surface area contributed by atoms with E-state index in [0.29, 0.717) is 42.4 Å². The molecule has 2 heterocycles. The van der Waals surface area contributed by atoms with Gasteiger partial charge in [-0.05, 0) is 42.8 Å². The van der Waals surface area contributed by atoms with Gasteiger partial charge in [-0.3, -0.25) is 4.79 Å². The Kier molecular flexibility index (Phi) is 8.10. The number of carbonyl (C=O) groups is 2. The van der Waals surface area contributed by atoms with E-state index in [0.717, 1.165) is 0 Å². The molecule has 36 heavy (non-hydrogen) atoms. The van der Waals surface area contributed by atoms with E-state index in [-0.39, 0.29) is 30.3 Å². The lowest BCUT2D eigenvalue weighted by atomic mass is 10.1. The van der Waals surface area contributed by atoms with Gasteiger partial charge in [0.15, 0.2) is 28.4 Å². The van der Waals surface area contributed by atoms with Crippen molar-refractivity contribution in [1.82, 2.24) is 40.4 Å². The number of benzene rings is 1. The molecule has 0 N–H and O–H groups in total. The predicted molar refractivity (Wildman–Crippen MR) is 125 cm³/mol. The SMILES string of the molecule is Cc1nnn(C(Cl)COc2ccc(C(=O)OC3=CC(=O)CCC3)c(OCC(Cl)n3nnc(C)n3)c2)n1. The molecule has 0 fully saturated rings. The van der Waals surface area contributed by atoms with Gasteiger partial charge in [-0.1, -0.05) is 23.2 Å². The second-order valence-electron chi connectivity index (χ2n) is 7.78. The highest BCUT2D eigenvalue weighted by atomic mass is 35.5. The lowest BCUT2D eigenvalue weighted by molar-refractivity contribution is -0.115. The van der Waals surface area contributed by atoms with Crippen LogP contribution in [0.15, 0.2) is 30.0 Å². The van der Waals surface area contributed by atoms with Crippen LogP contribution in [0.25, 0.3) is 0 Å². The van der Waals surface area contributed by atoms with Gasteiger partial charge in [0.1, 0.15) is 36.0 Å². The minimum atomic E-state index is -0.799. The van der Waals surface area contributed by atoms with Gasteiger partial charge in [0.2, 0.25) is 0 Å². The Morgan fingerprint density at radius 2 is 1.64 bits per heavy atom. The maximum atomic E-state index is 12.9. The highest BCUT2D eigenvalue weighted by Gasteiger charge is 2.22. The van der Waals surface area contributed by atoms with Crippen LogP contribution in [-0.2, 0) is 9.53 Å². The predicted octanol–water partition coefficient (Wildman–Crippen LogP) is 2.70. The van der Waals surface area contributed by atoms with Gasteiger partial charge < -0.3 is 14.2 Å². The van der Waals surface area contributed by atoms with E-state index in [2.05, 4.69) is 30.8 Å². The first-order valence-corrected chi connectivity index (χ1v) is 11.8. The van der Waals surface area contributed by atoms with Crippen molar-refractivity contribution in [1.29, 1.82) is 0 Å². The lowest BCUT2D eigenvalue weighted by Gasteiger charge is -2.17. The van der Waals surface area contributed by atoms with Gasteiger partial charge in [-0.15, -0.1) is 30.0 Å². The second kappa shape index (κ2) is 11.4. The number of esters is 1. The Balaban J connectivity index is 1.50. The number of hydrogen-bond acceptors (Lipinski definition) is 11. The zero-order valence-corrected chi connectivity index (χ0v) is 20.9. The lowest BCUT2D eigenvalue weighted by Crippen LogP contribution is -2.17. The van der Waals surface area contributed by atoms with Gasteiger partial charge in [0.25, 0.3) is 0 Å². The molecule has 13 nitrogen and oxygen atoms in total. The molecular weight excluding hydrogens is 515 g/mol. The fourth-order valence-corrected chi connectivity index (χ4v) is 3.48. The molecule has 0 bridgehead atoms. The van der Waals surface area contributed by atoms with E-state index >= 15 is 0 Å². The first-order chi connectivity index (χ1) is 17.3. The average molecular weight is 537 g/mol. The summed E-state index contributed by atoms with van der Waals surface area (Å²) in [5, 5.41) is 23.3. The van der Waals surface area contributed by atoms with E-state index in [1.54, 1.807) is 19.9 Å². The van der Waals surface area contributed by atoms with Crippen LogP contribution in [0.5, 0.6) is 11.5 Å². The normalized spacial score (nSPS) is 15.2. The quantitative estimate of drug-likeness (QED) is 0.278. The summed E-state index contributed by atoms with van der Waals surface area (Å²) < 4.78 is 17.0. The molecule has 0 amide bonds. The van der Waals surface area contributed by atoms with E-state index in [1.165, 1.54) is 27.8 Å². The highest BCUT2D eigenvalue weighted by molar-refractivity contribution is 6.19. The van der Waals surface area contributed by atoms with Crippen LogP contribution < -0.4 is 9.47 Å². The summed E-state index contributed by atoms with van der Waals surface area (Å²) in [4.78, 5) is 27.0. The minimum Gasteiger partial charge on any atom is -0.490 e. The van der Waals surface area contributed by atoms with Crippen molar-refractivity contribution < 1.29 is 23.8 Å². The number of halogens is 2. The van der Waals surface area contributed by atoms with Gasteiger partial charge >= 0.3 is 5.97 Å². The number of ether oxygens (including phenoxy) is 3. The summed E-state index contributed by atoms with van der Waals surface area (Å²) in [5.74, 6) is 0.958. The van der Waals surface area contributed by atoms with Gasteiger partial charge in [0.05, 0.1) is 0 Å². The minimum absolute atomic E-state index is 0.00979. The molecule has 2 atom stereocenters. The van der Waals surface area contributed by atoms with Crippen molar-refractivity contribution >= 4 is 35.0 Å². The number of alkyl halides is 2. The third-order valence-electron chi connectivity index (χ3n) is 4.89.